The Bertz CT molecular complexity index is 519. The molecule has 1 aliphatic heterocycles. The van der Waals surface area contributed by atoms with Gasteiger partial charge in [-0.3, -0.25) is 4.90 Å². The van der Waals surface area contributed by atoms with Crippen molar-refractivity contribution in [3.8, 4) is 0 Å². The minimum absolute atomic E-state index is 0.137. The van der Waals surface area contributed by atoms with E-state index in [1.165, 1.54) is 11.1 Å². The van der Waals surface area contributed by atoms with Crippen LogP contribution in [0.15, 0.2) is 24.3 Å². The number of benzene rings is 1. The highest BCUT2D eigenvalue weighted by atomic mass is 16.5. The molecule has 2 atom stereocenters. The lowest BCUT2D eigenvalue weighted by Gasteiger charge is -2.30. The summed E-state index contributed by atoms with van der Waals surface area (Å²) in [5, 5.41) is 10.3. The number of fused-ring (bicyclic) bond motifs is 1. The molecular formula is C20H32N2O3. The van der Waals surface area contributed by atoms with Gasteiger partial charge < -0.3 is 19.5 Å². The molecule has 1 N–H and O–H groups in total. The predicted octanol–water partition coefficient (Wildman–Crippen LogP) is 1.71. The summed E-state index contributed by atoms with van der Waals surface area (Å²) in [6.45, 7) is 6.75. The molecule has 25 heavy (non-hydrogen) atoms. The lowest BCUT2D eigenvalue weighted by molar-refractivity contribution is -0.0273. The summed E-state index contributed by atoms with van der Waals surface area (Å²) in [6, 6.07) is 8.54. The van der Waals surface area contributed by atoms with Gasteiger partial charge in [0.2, 0.25) is 0 Å². The first-order valence-corrected chi connectivity index (χ1v) is 9.58. The van der Waals surface area contributed by atoms with E-state index >= 15 is 0 Å². The molecule has 0 radical (unpaired) electrons. The van der Waals surface area contributed by atoms with Gasteiger partial charge in [-0.2, -0.15) is 0 Å². The summed E-state index contributed by atoms with van der Waals surface area (Å²) >= 11 is 0. The fourth-order valence-corrected chi connectivity index (χ4v) is 3.75. The molecule has 2 unspecified atom stereocenters. The maximum atomic E-state index is 10.3. The molecule has 1 aromatic rings. The SMILES string of the molecule is CN(CCN1CCOCC1)CC(O)COC1CCCc2ccccc21. The third kappa shape index (κ3) is 5.76. The molecule has 0 bridgehead atoms. The van der Waals surface area contributed by atoms with E-state index in [1.807, 2.05) is 0 Å². The van der Waals surface area contributed by atoms with Crippen LogP contribution in [0.2, 0.25) is 0 Å². The molecule has 1 saturated heterocycles. The number of aliphatic hydroxyl groups excluding tert-OH is 1. The maximum absolute atomic E-state index is 10.3. The number of aryl methyl sites for hydroxylation is 1. The van der Waals surface area contributed by atoms with Crippen LogP contribution in [-0.2, 0) is 15.9 Å². The molecule has 1 fully saturated rings. The number of likely N-dealkylation sites (N-methyl/N-ethyl adjacent to an activating group) is 1. The Morgan fingerprint density at radius 3 is 2.96 bits per heavy atom. The zero-order valence-electron chi connectivity index (χ0n) is 15.4. The van der Waals surface area contributed by atoms with Gasteiger partial charge in [-0.1, -0.05) is 24.3 Å². The average molecular weight is 348 g/mol. The van der Waals surface area contributed by atoms with Crippen LogP contribution >= 0.6 is 0 Å². The molecule has 5 nitrogen and oxygen atoms in total. The van der Waals surface area contributed by atoms with Crippen molar-refractivity contribution in [1.82, 2.24) is 9.80 Å². The lowest BCUT2D eigenvalue weighted by atomic mass is 9.89. The molecule has 0 amide bonds. The quantitative estimate of drug-likeness (QED) is 0.775. The highest BCUT2D eigenvalue weighted by molar-refractivity contribution is 5.31. The van der Waals surface area contributed by atoms with Gasteiger partial charge in [0.25, 0.3) is 0 Å². The molecule has 1 heterocycles. The molecule has 1 aliphatic carbocycles. The van der Waals surface area contributed by atoms with Crippen LogP contribution in [-0.4, -0.2) is 80.6 Å². The Balaban J connectivity index is 1.37. The monoisotopic (exact) mass is 348 g/mol. The number of morpholine rings is 1. The molecule has 0 spiro atoms. The van der Waals surface area contributed by atoms with E-state index in [2.05, 4.69) is 41.1 Å². The van der Waals surface area contributed by atoms with Crippen molar-refractivity contribution in [2.24, 2.45) is 0 Å². The first-order chi connectivity index (χ1) is 12.2. The number of hydrogen-bond acceptors (Lipinski definition) is 5. The Labute approximate surface area is 151 Å². The van der Waals surface area contributed by atoms with E-state index in [0.717, 1.165) is 58.7 Å². The summed E-state index contributed by atoms with van der Waals surface area (Å²) in [7, 11) is 2.07. The zero-order valence-corrected chi connectivity index (χ0v) is 15.4. The second-order valence-electron chi connectivity index (χ2n) is 7.28. The van der Waals surface area contributed by atoms with Crippen LogP contribution in [0.4, 0.5) is 0 Å². The van der Waals surface area contributed by atoms with E-state index in [4.69, 9.17) is 9.47 Å². The van der Waals surface area contributed by atoms with E-state index in [0.29, 0.717) is 13.2 Å². The van der Waals surface area contributed by atoms with E-state index in [-0.39, 0.29) is 6.10 Å². The third-order valence-corrected chi connectivity index (χ3v) is 5.23. The second kappa shape index (κ2) is 9.64. The Morgan fingerprint density at radius 2 is 2.12 bits per heavy atom. The first-order valence-electron chi connectivity index (χ1n) is 9.58. The first kappa shape index (κ1) is 18.8. The van der Waals surface area contributed by atoms with E-state index < -0.39 is 6.10 Å². The second-order valence-corrected chi connectivity index (χ2v) is 7.28. The molecule has 0 aromatic heterocycles. The number of nitrogens with zero attached hydrogens (tertiary/aromatic N) is 2. The van der Waals surface area contributed by atoms with Crippen LogP contribution in [0.3, 0.4) is 0 Å². The molecular weight excluding hydrogens is 316 g/mol. The van der Waals surface area contributed by atoms with Crippen LogP contribution in [0, 0.1) is 0 Å². The summed E-state index contributed by atoms with van der Waals surface area (Å²) in [5.41, 5.74) is 2.71. The summed E-state index contributed by atoms with van der Waals surface area (Å²) in [4.78, 5) is 4.61. The molecule has 140 valence electrons. The Kier molecular flexibility index (Phi) is 7.25. The number of rotatable bonds is 8. The highest BCUT2D eigenvalue weighted by Gasteiger charge is 2.21. The average Bonchev–Trinajstić information content (AvgIpc) is 2.65. The zero-order chi connectivity index (χ0) is 17.5. The molecule has 1 aromatic carbocycles. The topological polar surface area (TPSA) is 45.2 Å². The van der Waals surface area contributed by atoms with E-state index in [9.17, 15) is 5.11 Å². The van der Waals surface area contributed by atoms with Crippen LogP contribution in [0.1, 0.15) is 30.1 Å². The van der Waals surface area contributed by atoms with Crippen molar-refractivity contribution in [3.63, 3.8) is 0 Å². The summed E-state index contributed by atoms with van der Waals surface area (Å²) < 4.78 is 11.4. The van der Waals surface area contributed by atoms with Gasteiger partial charge in [-0.05, 0) is 37.4 Å². The number of aliphatic hydroxyl groups is 1. The van der Waals surface area contributed by atoms with Gasteiger partial charge in [0, 0.05) is 32.7 Å². The van der Waals surface area contributed by atoms with Crippen molar-refractivity contribution in [2.75, 3.05) is 59.6 Å². The number of ether oxygens (including phenoxy) is 2. The summed E-state index contributed by atoms with van der Waals surface area (Å²) in [6.07, 6.45) is 3.05. The fraction of sp³-hybridized carbons (Fsp3) is 0.700. The fourth-order valence-electron chi connectivity index (χ4n) is 3.75. The van der Waals surface area contributed by atoms with Crippen molar-refractivity contribution in [2.45, 2.75) is 31.5 Å². The van der Waals surface area contributed by atoms with Crippen LogP contribution in [0.25, 0.3) is 0 Å². The van der Waals surface area contributed by atoms with E-state index in [1.54, 1.807) is 0 Å². The molecule has 3 rings (SSSR count). The molecule has 2 aliphatic rings. The van der Waals surface area contributed by atoms with Crippen LogP contribution < -0.4 is 0 Å². The van der Waals surface area contributed by atoms with Crippen molar-refractivity contribution in [1.29, 1.82) is 0 Å². The number of hydrogen-bond donors (Lipinski definition) is 1. The van der Waals surface area contributed by atoms with Gasteiger partial charge in [0.15, 0.2) is 0 Å². The van der Waals surface area contributed by atoms with Gasteiger partial charge >= 0.3 is 0 Å². The maximum Gasteiger partial charge on any atom is 0.0900 e. The van der Waals surface area contributed by atoms with Gasteiger partial charge in [0.1, 0.15) is 0 Å². The Morgan fingerprint density at radius 1 is 1.32 bits per heavy atom. The standard InChI is InChI=1S/C20H32N2O3/c1-21(9-10-22-11-13-24-14-12-22)15-18(23)16-25-20-8-4-6-17-5-2-3-7-19(17)20/h2-3,5,7,18,20,23H,4,6,8-16H2,1H3. The van der Waals surface area contributed by atoms with Crippen LogP contribution in [0.5, 0.6) is 0 Å². The highest BCUT2D eigenvalue weighted by Crippen LogP contribution is 2.32. The van der Waals surface area contributed by atoms with Gasteiger partial charge in [-0.15, -0.1) is 0 Å². The minimum Gasteiger partial charge on any atom is -0.389 e. The van der Waals surface area contributed by atoms with Crippen molar-refractivity contribution < 1.29 is 14.6 Å². The Hall–Kier alpha value is -0.980. The van der Waals surface area contributed by atoms with Crippen molar-refractivity contribution in [3.05, 3.63) is 35.4 Å². The predicted molar refractivity (Wildman–Crippen MR) is 98.8 cm³/mol. The largest absolute Gasteiger partial charge is 0.389 e. The van der Waals surface area contributed by atoms with Crippen molar-refractivity contribution >= 4 is 0 Å². The molecule has 0 saturated carbocycles. The third-order valence-electron chi connectivity index (χ3n) is 5.23. The smallest absolute Gasteiger partial charge is 0.0900 e. The lowest BCUT2D eigenvalue weighted by Crippen LogP contribution is -2.42. The minimum atomic E-state index is -0.441. The van der Waals surface area contributed by atoms with Gasteiger partial charge in [-0.25, -0.2) is 0 Å². The van der Waals surface area contributed by atoms with Gasteiger partial charge in [0.05, 0.1) is 32.0 Å². The summed E-state index contributed by atoms with van der Waals surface area (Å²) in [5.74, 6) is 0. The molecule has 5 heteroatoms. The normalized spacial score (nSPS) is 22.8.